The number of hydrogen-bond acceptors (Lipinski definition) is 8. The summed E-state index contributed by atoms with van der Waals surface area (Å²) < 4.78 is 0. The van der Waals surface area contributed by atoms with Crippen LogP contribution in [0.25, 0.3) is 0 Å². The number of hydrogen-bond donors (Lipinski definition) is 1. The van der Waals surface area contributed by atoms with Crippen molar-refractivity contribution in [1.82, 2.24) is 4.90 Å². The second-order valence-corrected chi connectivity index (χ2v) is 10.2. The van der Waals surface area contributed by atoms with Gasteiger partial charge in [-0.1, -0.05) is 33.7 Å². The Morgan fingerprint density at radius 3 is 1.88 bits per heavy atom. The SMILES string of the molecule is NCCSSCCN(CCC(=O)c1cccs1)CCC(=O)c1cccs1. The van der Waals surface area contributed by atoms with E-state index in [4.69, 9.17) is 5.73 Å². The molecule has 0 bridgehead atoms. The largest absolute Gasteiger partial charge is 0.330 e. The topological polar surface area (TPSA) is 63.4 Å². The first-order valence-corrected chi connectivity index (χ1v) is 12.8. The summed E-state index contributed by atoms with van der Waals surface area (Å²) in [6.45, 7) is 2.94. The maximum absolute atomic E-state index is 12.2. The van der Waals surface area contributed by atoms with Gasteiger partial charge in [-0.15, -0.1) is 22.7 Å². The van der Waals surface area contributed by atoms with Gasteiger partial charge in [-0.3, -0.25) is 9.59 Å². The number of ketones is 2. The van der Waals surface area contributed by atoms with Gasteiger partial charge in [0.2, 0.25) is 0 Å². The van der Waals surface area contributed by atoms with Gasteiger partial charge >= 0.3 is 0 Å². The molecule has 0 aliphatic rings. The van der Waals surface area contributed by atoms with E-state index in [2.05, 4.69) is 4.90 Å². The van der Waals surface area contributed by atoms with Gasteiger partial charge in [0, 0.05) is 50.5 Å². The van der Waals surface area contributed by atoms with Crippen molar-refractivity contribution in [1.29, 1.82) is 0 Å². The average molecular weight is 429 g/mol. The number of carbonyl (C=O) groups is 2. The molecular weight excluding hydrogens is 404 g/mol. The van der Waals surface area contributed by atoms with Crippen molar-refractivity contribution in [2.75, 3.05) is 37.7 Å². The van der Waals surface area contributed by atoms with Gasteiger partial charge in [-0.2, -0.15) is 0 Å². The van der Waals surface area contributed by atoms with Crippen LogP contribution in [-0.2, 0) is 0 Å². The lowest BCUT2D eigenvalue weighted by molar-refractivity contribution is 0.0954. The molecule has 2 aromatic rings. The fourth-order valence-corrected chi connectivity index (χ4v) is 5.58. The van der Waals surface area contributed by atoms with Crippen LogP contribution in [0.3, 0.4) is 0 Å². The van der Waals surface area contributed by atoms with E-state index in [0.717, 1.165) is 27.8 Å². The molecule has 26 heavy (non-hydrogen) atoms. The lowest BCUT2D eigenvalue weighted by atomic mass is 10.2. The monoisotopic (exact) mass is 428 g/mol. The molecule has 0 aliphatic carbocycles. The molecule has 142 valence electrons. The summed E-state index contributed by atoms with van der Waals surface area (Å²) in [4.78, 5) is 28.3. The maximum Gasteiger partial charge on any atom is 0.174 e. The highest BCUT2D eigenvalue weighted by Crippen LogP contribution is 2.20. The van der Waals surface area contributed by atoms with E-state index in [9.17, 15) is 9.59 Å². The highest BCUT2D eigenvalue weighted by molar-refractivity contribution is 8.76. The van der Waals surface area contributed by atoms with Crippen molar-refractivity contribution in [3.63, 3.8) is 0 Å². The van der Waals surface area contributed by atoms with Gasteiger partial charge in [0.15, 0.2) is 11.6 Å². The zero-order valence-corrected chi connectivity index (χ0v) is 17.9. The molecule has 0 radical (unpaired) electrons. The molecule has 0 atom stereocenters. The molecule has 2 N–H and O–H groups in total. The molecule has 0 amide bonds. The molecule has 2 rings (SSSR count). The minimum atomic E-state index is 0.180. The van der Waals surface area contributed by atoms with E-state index in [1.807, 2.05) is 35.0 Å². The van der Waals surface area contributed by atoms with Crippen LogP contribution in [0.4, 0.5) is 0 Å². The van der Waals surface area contributed by atoms with E-state index in [0.29, 0.717) is 32.5 Å². The third-order valence-corrected chi connectivity index (χ3v) is 7.92. The van der Waals surface area contributed by atoms with E-state index in [-0.39, 0.29) is 11.6 Å². The molecule has 0 fully saturated rings. The van der Waals surface area contributed by atoms with E-state index in [1.165, 1.54) is 22.7 Å². The molecule has 0 saturated heterocycles. The van der Waals surface area contributed by atoms with Gasteiger partial charge in [0.05, 0.1) is 9.75 Å². The number of Topliss-reactive ketones (excluding diaryl/α,β-unsaturated/α-hetero) is 2. The summed E-state index contributed by atoms with van der Waals surface area (Å²) >= 11 is 2.97. The first-order valence-electron chi connectivity index (χ1n) is 8.51. The predicted molar refractivity (Wildman–Crippen MR) is 117 cm³/mol. The van der Waals surface area contributed by atoms with Crippen molar-refractivity contribution in [3.05, 3.63) is 44.8 Å². The van der Waals surface area contributed by atoms with Crippen molar-refractivity contribution in [3.8, 4) is 0 Å². The number of nitrogens with zero attached hydrogens (tertiary/aromatic N) is 1. The second kappa shape index (κ2) is 12.7. The van der Waals surface area contributed by atoms with Crippen molar-refractivity contribution < 1.29 is 9.59 Å². The van der Waals surface area contributed by atoms with Crippen LogP contribution < -0.4 is 5.73 Å². The zero-order chi connectivity index (χ0) is 18.6. The third kappa shape index (κ3) is 7.94. The average Bonchev–Trinajstić information content (AvgIpc) is 3.36. The van der Waals surface area contributed by atoms with Gasteiger partial charge in [-0.05, 0) is 22.9 Å². The van der Waals surface area contributed by atoms with Gasteiger partial charge in [0.1, 0.15) is 0 Å². The van der Waals surface area contributed by atoms with Crippen LogP contribution in [0.5, 0.6) is 0 Å². The second-order valence-electron chi connectivity index (χ2n) is 5.58. The Morgan fingerprint density at radius 1 is 0.885 bits per heavy atom. The smallest absolute Gasteiger partial charge is 0.174 e. The fourth-order valence-electron chi connectivity index (χ4n) is 2.31. The molecule has 0 spiro atoms. The van der Waals surface area contributed by atoms with E-state index < -0.39 is 0 Å². The summed E-state index contributed by atoms with van der Waals surface area (Å²) in [5.74, 6) is 2.27. The Bertz CT molecular complexity index is 594. The first-order chi connectivity index (χ1) is 12.7. The quantitative estimate of drug-likeness (QED) is 0.275. The molecule has 0 saturated carbocycles. The molecule has 0 aromatic carbocycles. The Labute approximate surface area is 170 Å². The van der Waals surface area contributed by atoms with Crippen LogP contribution >= 0.6 is 44.3 Å². The lowest BCUT2D eigenvalue weighted by Gasteiger charge is -2.21. The van der Waals surface area contributed by atoms with Crippen molar-refractivity contribution in [2.45, 2.75) is 12.8 Å². The summed E-state index contributed by atoms with van der Waals surface area (Å²) in [6, 6.07) is 7.55. The number of nitrogens with two attached hydrogens (primary N) is 1. The standard InChI is InChI=1S/C18H24N2O2S4/c19-7-13-25-26-14-10-20(8-5-15(21)17-3-1-11-23-17)9-6-16(22)18-4-2-12-24-18/h1-4,11-12H,5-10,13-14,19H2. The Kier molecular flexibility index (Phi) is 10.6. The molecule has 2 heterocycles. The van der Waals surface area contributed by atoms with Crippen LogP contribution in [-0.4, -0.2) is 54.2 Å². The number of thiophene rings is 2. The molecule has 0 unspecified atom stereocenters. The molecule has 8 heteroatoms. The fraction of sp³-hybridized carbons (Fsp3) is 0.444. The van der Waals surface area contributed by atoms with Crippen LogP contribution in [0.15, 0.2) is 35.0 Å². The van der Waals surface area contributed by atoms with E-state index in [1.54, 1.807) is 21.6 Å². The van der Waals surface area contributed by atoms with Gasteiger partial charge in [0.25, 0.3) is 0 Å². The van der Waals surface area contributed by atoms with Crippen molar-refractivity contribution >= 4 is 55.8 Å². The van der Waals surface area contributed by atoms with Crippen molar-refractivity contribution in [2.24, 2.45) is 5.73 Å². The van der Waals surface area contributed by atoms with Gasteiger partial charge < -0.3 is 10.6 Å². The highest BCUT2D eigenvalue weighted by atomic mass is 33.1. The maximum atomic E-state index is 12.2. The minimum absolute atomic E-state index is 0.180. The minimum Gasteiger partial charge on any atom is -0.330 e. The van der Waals surface area contributed by atoms with Gasteiger partial charge in [-0.25, -0.2) is 0 Å². The molecule has 2 aromatic heterocycles. The Balaban J connectivity index is 1.79. The number of rotatable bonds is 14. The summed E-state index contributed by atoms with van der Waals surface area (Å²) in [6.07, 6.45) is 0.989. The summed E-state index contributed by atoms with van der Waals surface area (Å²) in [7, 11) is 3.57. The zero-order valence-electron chi connectivity index (χ0n) is 14.6. The first kappa shape index (κ1) is 21.7. The normalized spacial score (nSPS) is 11.2. The molecular formula is C18H24N2O2S4. The Morgan fingerprint density at radius 2 is 1.42 bits per heavy atom. The third-order valence-electron chi connectivity index (χ3n) is 3.68. The summed E-state index contributed by atoms with van der Waals surface area (Å²) in [5, 5.41) is 3.85. The van der Waals surface area contributed by atoms with E-state index >= 15 is 0 Å². The number of carbonyl (C=O) groups excluding carboxylic acids is 2. The molecule has 0 aliphatic heterocycles. The highest BCUT2D eigenvalue weighted by Gasteiger charge is 2.14. The lowest BCUT2D eigenvalue weighted by Crippen LogP contribution is -2.30. The summed E-state index contributed by atoms with van der Waals surface area (Å²) in [5.41, 5.74) is 5.51. The molecule has 4 nitrogen and oxygen atoms in total. The van der Waals surface area contributed by atoms with Crippen LogP contribution in [0.2, 0.25) is 0 Å². The van der Waals surface area contributed by atoms with Crippen LogP contribution in [0.1, 0.15) is 32.2 Å². The Hall–Kier alpha value is -0.640. The van der Waals surface area contributed by atoms with Crippen LogP contribution in [0, 0.1) is 0 Å². The predicted octanol–water partition coefficient (Wildman–Crippen LogP) is 4.30.